The summed E-state index contributed by atoms with van der Waals surface area (Å²) in [5.74, 6) is 0.393. The summed E-state index contributed by atoms with van der Waals surface area (Å²) in [7, 11) is 0. The maximum atomic E-state index is 2.50. The normalized spacial score (nSPS) is 21.3. The Morgan fingerprint density at radius 1 is 0.784 bits per heavy atom. The van der Waals surface area contributed by atoms with E-state index in [1.807, 2.05) is 0 Å². The Balaban J connectivity index is 1.40. The highest BCUT2D eigenvalue weighted by Crippen LogP contribution is 2.35. The number of para-hydroxylation sites is 1. The van der Waals surface area contributed by atoms with Gasteiger partial charge in [-0.15, -0.1) is 0 Å². The molecule has 0 N–H and O–H groups in total. The number of anilines is 2. The highest BCUT2D eigenvalue weighted by Gasteiger charge is 2.26. The molecule has 0 aromatic heterocycles. The third-order valence-electron chi connectivity index (χ3n) is 7.51. The number of allylic oxidation sites excluding steroid dienone is 10. The largest absolute Gasteiger partial charge is 0.339 e. The molecule has 0 saturated carbocycles. The van der Waals surface area contributed by atoms with E-state index in [9.17, 15) is 0 Å². The van der Waals surface area contributed by atoms with Gasteiger partial charge in [0.25, 0.3) is 0 Å². The van der Waals surface area contributed by atoms with Crippen LogP contribution in [0.25, 0.3) is 5.57 Å². The zero-order chi connectivity index (χ0) is 25.6. The Labute approximate surface area is 223 Å². The average molecular weight is 487 g/mol. The van der Waals surface area contributed by atoms with Crippen molar-refractivity contribution in [3.8, 4) is 0 Å². The molecule has 0 fully saturated rings. The van der Waals surface area contributed by atoms with E-state index >= 15 is 0 Å². The van der Waals surface area contributed by atoms with Crippen LogP contribution in [0.1, 0.15) is 52.0 Å². The second-order valence-corrected chi connectivity index (χ2v) is 10.1. The molecule has 2 unspecified atom stereocenters. The van der Waals surface area contributed by atoms with Crippen LogP contribution in [0.15, 0.2) is 132 Å². The molecular formula is C35H38N2. The fourth-order valence-electron chi connectivity index (χ4n) is 5.45. The number of nitrogens with zero attached hydrogens (tertiary/aromatic N) is 2. The molecule has 3 aliphatic carbocycles. The molecular weight excluding hydrogens is 448 g/mol. The summed E-state index contributed by atoms with van der Waals surface area (Å²) < 4.78 is 0. The molecule has 0 aliphatic heterocycles. The van der Waals surface area contributed by atoms with Gasteiger partial charge in [0.2, 0.25) is 0 Å². The van der Waals surface area contributed by atoms with Gasteiger partial charge in [-0.3, -0.25) is 0 Å². The van der Waals surface area contributed by atoms with Crippen molar-refractivity contribution in [2.45, 2.75) is 52.5 Å². The summed E-state index contributed by atoms with van der Waals surface area (Å²) in [6, 6.07) is 20.0. The second kappa shape index (κ2) is 11.5. The Morgan fingerprint density at radius 3 is 2.03 bits per heavy atom. The zero-order valence-electron chi connectivity index (χ0n) is 22.3. The first-order valence-corrected chi connectivity index (χ1v) is 13.7. The van der Waals surface area contributed by atoms with E-state index in [0.29, 0.717) is 12.0 Å². The van der Waals surface area contributed by atoms with Crippen LogP contribution in [0.4, 0.5) is 11.4 Å². The minimum absolute atomic E-state index is 0.312. The lowest BCUT2D eigenvalue weighted by Gasteiger charge is -2.38. The van der Waals surface area contributed by atoms with Gasteiger partial charge in [-0.1, -0.05) is 85.9 Å². The van der Waals surface area contributed by atoms with Crippen LogP contribution in [0.2, 0.25) is 0 Å². The van der Waals surface area contributed by atoms with Crippen LogP contribution >= 0.6 is 0 Å². The van der Waals surface area contributed by atoms with Gasteiger partial charge in [0.05, 0.1) is 6.04 Å². The maximum Gasteiger partial charge on any atom is 0.0582 e. The van der Waals surface area contributed by atoms with Gasteiger partial charge in [-0.25, -0.2) is 0 Å². The molecule has 0 spiro atoms. The van der Waals surface area contributed by atoms with Gasteiger partial charge in [0.15, 0.2) is 0 Å². The summed E-state index contributed by atoms with van der Waals surface area (Å²) in [5.41, 5.74) is 8.78. The number of hydrogen-bond donors (Lipinski definition) is 0. The smallest absolute Gasteiger partial charge is 0.0582 e. The molecule has 37 heavy (non-hydrogen) atoms. The molecule has 0 bridgehead atoms. The molecule has 2 atom stereocenters. The summed E-state index contributed by atoms with van der Waals surface area (Å²) in [6.07, 6.45) is 27.6. The highest BCUT2D eigenvalue weighted by atomic mass is 15.2. The van der Waals surface area contributed by atoms with Crippen molar-refractivity contribution in [3.63, 3.8) is 0 Å². The van der Waals surface area contributed by atoms with Crippen molar-refractivity contribution < 1.29 is 0 Å². The van der Waals surface area contributed by atoms with E-state index in [1.54, 1.807) is 0 Å². The summed E-state index contributed by atoms with van der Waals surface area (Å²) in [4.78, 5) is 4.85. The van der Waals surface area contributed by atoms with Crippen LogP contribution in [0.5, 0.6) is 0 Å². The standard InChI is InChI=1S/C35H38N2/c1-4-28(3)36(31-14-8-5-9-15-31)35-25-22-30(26-27(35)2)29-20-23-34(24-21-29)37(32-16-10-6-11-17-32)33-18-12-7-13-19-33/h4,6,8,10-12,14-27,35H,5,7,9,13H2,1-3H3/b28-4+. The first-order valence-electron chi connectivity index (χ1n) is 13.7. The fraction of sp³-hybridized carbons (Fsp3) is 0.257. The van der Waals surface area contributed by atoms with Crippen molar-refractivity contribution in [2.24, 2.45) is 5.92 Å². The molecule has 2 heteroatoms. The number of rotatable bonds is 7. The minimum atomic E-state index is 0.312. The quantitative estimate of drug-likeness (QED) is 0.384. The van der Waals surface area contributed by atoms with Crippen molar-refractivity contribution in [3.05, 3.63) is 138 Å². The van der Waals surface area contributed by atoms with Crippen molar-refractivity contribution >= 4 is 16.9 Å². The van der Waals surface area contributed by atoms with Gasteiger partial charge < -0.3 is 9.80 Å². The topological polar surface area (TPSA) is 6.48 Å². The van der Waals surface area contributed by atoms with Crippen LogP contribution in [0, 0.1) is 5.92 Å². The van der Waals surface area contributed by atoms with Crippen molar-refractivity contribution in [1.29, 1.82) is 0 Å². The molecule has 2 aromatic carbocycles. The van der Waals surface area contributed by atoms with Crippen molar-refractivity contribution in [1.82, 2.24) is 4.90 Å². The first kappa shape index (κ1) is 24.9. The van der Waals surface area contributed by atoms with Crippen LogP contribution < -0.4 is 4.90 Å². The Kier molecular flexibility index (Phi) is 7.75. The summed E-state index contributed by atoms with van der Waals surface area (Å²) >= 11 is 0. The molecule has 188 valence electrons. The van der Waals surface area contributed by atoms with E-state index < -0.39 is 0 Å². The lowest BCUT2D eigenvalue weighted by molar-refractivity contribution is 0.318. The van der Waals surface area contributed by atoms with Gasteiger partial charge in [-0.05, 0) is 93.0 Å². The van der Waals surface area contributed by atoms with Crippen LogP contribution in [-0.2, 0) is 0 Å². The van der Waals surface area contributed by atoms with Crippen LogP contribution in [-0.4, -0.2) is 10.9 Å². The van der Waals surface area contributed by atoms with E-state index in [1.165, 1.54) is 39.6 Å². The third-order valence-corrected chi connectivity index (χ3v) is 7.51. The maximum absolute atomic E-state index is 2.50. The average Bonchev–Trinajstić information content (AvgIpc) is 2.96. The second-order valence-electron chi connectivity index (χ2n) is 10.1. The van der Waals surface area contributed by atoms with Gasteiger partial charge in [0.1, 0.15) is 0 Å². The predicted octanol–water partition coefficient (Wildman–Crippen LogP) is 9.48. The lowest BCUT2D eigenvalue weighted by atomic mass is 9.88. The molecule has 0 amide bonds. The van der Waals surface area contributed by atoms with Gasteiger partial charge in [-0.2, -0.15) is 0 Å². The van der Waals surface area contributed by atoms with Crippen LogP contribution in [0.3, 0.4) is 0 Å². The molecule has 0 radical (unpaired) electrons. The van der Waals surface area contributed by atoms with E-state index in [4.69, 9.17) is 0 Å². The molecule has 2 nitrogen and oxygen atoms in total. The van der Waals surface area contributed by atoms with Gasteiger partial charge >= 0.3 is 0 Å². The Bertz CT molecular complexity index is 1300. The summed E-state index contributed by atoms with van der Waals surface area (Å²) in [6.45, 7) is 6.69. The number of hydrogen-bond acceptors (Lipinski definition) is 2. The Morgan fingerprint density at radius 2 is 1.43 bits per heavy atom. The van der Waals surface area contributed by atoms with E-state index in [0.717, 1.165) is 25.7 Å². The predicted molar refractivity (Wildman–Crippen MR) is 159 cm³/mol. The number of benzene rings is 2. The van der Waals surface area contributed by atoms with E-state index in [-0.39, 0.29) is 0 Å². The molecule has 0 saturated heterocycles. The Hall–Kier alpha value is -3.78. The minimum Gasteiger partial charge on any atom is -0.339 e. The SMILES string of the molecule is C/C=C(\C)N(C1=CCCC=C1)C1C=CC(c2ccc(N(C3=CCCC=C3)c3ccccc3)cc2)=CC1C. The summed E-state index contributed by atoms with van der Waals surface area (Å²) in [5, 5.41) is 0. The van der Waals surface area contributed by atoms with E-state index in [2.05, 4.69) is 146 Å². The first-order chi connectivity index (χ1) is 18.2. The lowest BCUT2D eigenvalue weighted by Crippen LogP contribution is -2.37. The van der Waals surface area contributed by atoms with Crippen molar-refractivity contribution in [2.75, 3.05) is 4.90 Å². The molecule has 5 rings (SSSR count). The molecule has 2 aromatic rings. The third kappa shape index (κ3) is 5.49. The van der Waals surface area contributed by atoms with Gasteiger partial charge in [0, 0.05) is 28.5 Å². The molecule has 0 heterocycles. The zero-order valence-corrected chi connectivity index (χ0v) is 22.3. The highest BCUT2D eigenvalue weighted by molar-refractivity contribution is 5.78. The molecule has 3 aliphatic rings. The fourth-order valence-corrected chi connectivity index (χ4v) is 5.45. The monoisotopic (exact) mass is 486 g/mol.